The van der Waals surface area contributed by atoms with Gasteiger partial charge in [-0.3, -0.25) is 4.79 Å². The van der Waals surface area contributed by atoms with Gasteiger partial charge < -0.3 is 24.4 Å². The van der Waals surface area contributed by atoms with Crippen LogP contribution in [0.3, 0.4) is 0 Å². The molecule has 146 valence electrons. The summed E-state index contributed by atoms with van der Waals surface area (Å²) in [4.78, 5) is 15.0. The summed E-state index contributed by atoms with van der Waals surface area (Å²) in [5, 5.41) is 3.43. The topological polar surface area (TPSA) is 60.0 Å². The smallest absolute Gasteiger partial charge is 0.257 e. The SMILES string of the molecule is COc1ccc(C(=O)N2CCC3(CCNCC3)CC2)c(OC)c1OC.Cl. The number of ether oxygens (including phenoxy) is 3. The van der Waals surface area contributed by atoms with E-state index < -0.39 is 0 Å². The number of benzene rings is 1. The Morgan fingerprint density at radius 2 is 1.58 bits per heavy atom. The summed E-state index contributed by atoms with van der Waals surface area (Å²) >= 11 is 0. The first-order valence-corrected chi connectivity index (χ1v) is 8.93. The number of halogens is 1. The predicted molar refractivity (Wildman–Crippen MR) is 103 cm³/mol. The molecule has 2 saturated heterocycles. The molecule has 2 aliphatic heterocycles. The number of hydrogen-bond acceptors (Lipinski definition) is 5. The molecule has 26 heavy (non-hydrogen) atoms. The summed E-state index contributed by atoms with van der Waals surface area (Å²) in [6, 6.07) is 3.52. The number of carbonyl (C=O) groups excluding carboxylic acids is 1. The lowest BCUT2D eigenvalue weighted by molar-refractivity contribution is 0.0492. The van der Waals surface area contributed by atoms with Crippen LogP contribution in [0.25, 0.3) is 0 Å². The van der Waals surface area contributed by atoms with Gasteiger partial charge in [-0.15, -0.1) is 12.4 Å². The van der Waals surface area contributed by atoms with Gasteiger partial charge in [0.05, 0.1) is 26.9 Å². The van der Waals surface area contributed by atoms with E-state index in [2.05, 4.69) is 5.32 Å². The highest BCUT2D eigenvalue weighted by molar-refractivity contribution is 5.98. The third-order valence-corrected chi connectivity index (χ3v) is 5.71. The molecule has 0 aromatic heterocycles. The lowest BCUT2D eigenvalue weighted by Gasteiger charge is -2.44. The van der Waals surface area contributed by atoms with E-state index in [9.17, 15) is 4.79 Å². The van der Waals surface area contributed by atoms with Crippen molar-refractivity contribution in [1.29, 1.82) is 0 Å². The normalized spacial score (nSPS) is 18.8. The van der Waals surface area contributed by atoms with Crippen molar-refractivity contribution in [3.8, 4) is 17.2 Å². The van der Waals surface area contributed by atoms with E-state index in [-0.39, 0.29) is 18.3 Å². The van der Waals surface area contributed by atoms with Crippen molar-refractivity contribution in [2.45, 2.75) is 25.7 Å². The van der Waals surface area contributed by atoms with Gasteiger partial charge in [0.25, 0.3) is 5.91 Å². The minimum absolute atomic E-state index is 0. The van der Waals surface area contributed by atoms with Crippen LogP contribution in [0, 0.1) is 5.41 Å². The standard InChI is InChI=1S/C19H28N2O4.ClH/c1-23-15-5-4-14(16(24-2)17(15)25-3)18(22)21-12-8-19(9-13-21)6-10-20-11-7-19;/h4-5,20H,6-13H2,1-3H3;1H. The fraction of sp³-hybridized carbons (Fsp3) is 0.632. The Morgan fingerprint density at radius 3 is 2.12 bits per heavy atom. The summed E-state index contributed by atoms with van der Waals surface area (Å²) in [7, 11) is 4.67. The van der Waals surface area contributed by atoms with Crippen LogP contribution in [0.4, 0.5) is 0 Å². The molecule has 3 rings (SSSR count). The first-order chi connectivity index (χ1) is 12.1. The number of nitrogens with zero attached hydrogens (tertiary/aromatic N) is 1. The maximum Gasteiger partial charge on any atom is 0.257 e. The van der Waals surface area contributed by atoms with Crippen LogP contribution in [-0.4, -0.2) is 58.3 Å². The van der Waals surface area contributed by atoms with Crippen molar-refractivity contribution in [2.24, 2.45) is 5.41 Å². The molecule has 1 aromatic carbocycles. The molecule has 6 nitrogen and oxygen atoms in total. The highest BCUT2D eigenvalue weighted by atomic mass is 35.5. The first kappa shape index (κ1) is 20.6. The molecule has 0 aliphatic carbocycles. The lowest BCUT2D eigenvalue weighted by atomic mass is 9.71. The third-order valence-electron chi connectivity index (χ3n) is 5.71. The van der Waals surface area contributed by atoms with E-state index >= 15 is 0 Å². The number of hydrogen-bond donors (Lipinski definition) is 1. The van der Waals surface area contributed by atoms with Crippen molar-refractivity contribution in [1.82, 2.24) is 10.2 Å². The molecule has 0 bridgehead atoms. The van der Waals surface area contributed by atoms with Gasteiger partial charge in [0.2, 0.25) is 5.75 Å². The lowest BCUT2D eigenvalue weighted by Crippen LogP contribution is -2.47. The molecule has 0 radical (unpaired) electrons. The number of rotatable bonds is 4. The monoisotopic (exact) mass is 384 g/mol. The van der Waals surface area contributed by atoms with Crippen molar-refractivity contribution >= 4 is 18.3 Å². The average Bonchev–Trinajstić information content (AvgIpc) is 2.67. The Labute approximate surface area is 161 Å². The van der Waals surface area contributed by atoms with Crippen LogP contribution in [0.2, 0.25) is 0 Å². The molecule has 0 saturated carbocycles. The van der Waals surface area contributed by atoms with E-state index in [0.717, 1.165) is 39.0 Å². The fourth-order valence-corrected chi connectivity index (χ4v) is 4.08. The van der Waals surface area contributed by atoms with Crippen LogP contribution < -0.4 is 19.5 Å². The van der Waals surface area contributed by atoms with Gasteiger partial charge in [-0.2, -0.15) is 0 Å². The zero-order valence-electron chi connectivity index (χ0n) is 15.8. The summed E-state index contributed by atoms with van der Waals surface area (Å²) in [5.74, 6) is 1.46. The van der Waals surface area contributed by atoms with Crippen molar-refractivity contribution in [3.63, 3.8) is 0 Å². The van der Waals surface area contributed by atoms with Crippen LogP contribution in [0.15, 0.2) is 12.1 Å². The number of amides is 1. The van der Waals surface area contributed by atoms with E-state index in [4.69, 9.17) is 14.2 Å². The quantitative estimate of drug-likeness (QED) is 0.864. The van der Waals surface area contributed by atoms with Gasteiger partial charge in [0.15, 0.2) is 11.5 Å². The van der Waals surface area contributed by atoms with Gasteiger partial charge in [-0.25, -0.2) is 0 Å². The summed E-state index contributed by atoms with van der Waals surface area (Å²) in [6.07, 6.45) is 4.59. The molecule has 1 N–H and O–H groups in total. The highest BCUT2D eigenvalue weighted by Gasteiger charge is 2.37. The van der Waals surface area contributed by atoms with Gasteiger partial charge in [0, 0.05) is 13.1 Å². The molecule has 2 fully saturated rings. The van der Waals surface area contributed by atoms with E-state index in [1.54, 1.807) is 33.5 Å². The number of methoxy groups -OCH3 is 3. The average molecular weight is 385 g/mol. The molecule has 0 unspecified atom stereocenters. The van der Waals surface area contributed by atoms with Gasteiger partial charge >= 0.3 is 0 Å². The minimum Gasteiger partial charge on any atom is -0.493 e. The second-order valence-corrected chi connectivity index (χ2v) is 6.92. The number of likely N-dealkylation sites (tertiary alicyclic amines) is 1. The van der Waals surface area contributed by atoms with E-state index in [1.807, 2.05) is 4.90 Å². The molecular formula is C19H29ClN2O4. The predicted octanol–water partition coefficient (Wildman–Crippen LogP) is 2.74. The molecule has 0 atom stereocenters. The molecule has 2 heterocycles. The molecular weight excluding hydrogens is 356 g/mol. The Balaban J connectivity index is 0.00000243. The second kappa shape index (κ2) is 8.82. The Hall–Kier alpha value is -1.66. The molecule has 1 spiro atoms. The number of carbonyl (C=O) groups is 1. The molecule has 2 aliphatic rings. The van der Waals surface area contributed by atoms with Crippen LogP contribution in [0.5, 0.6) is 17.2 Å². The Kier molecular flexibility index (Phi) is 7.01. The number of nitrogens with one attached hydrogen (secondary N) is 1. The zero-order chi connectivity index (χ0) is 17.9. The molecule has 7 heteroatoms. The van der Waals surface area contributed by atoms with Crippen LogP contribution in [0.1, 0.15) is 36.0 Å². The van der Waals surface area contributed by atoms with Crippen molar-refractivity contribution in [2.75, 3.05) is 47.5 Å². The van der Waals surface area contributed by atoms with Gasteiger partial charge in [-0.05, 0) is 56.3 Å². The summed E-state index contributed by atoms with van der Waals surface area (Å²) in [5.41, 5.74) is 0.949. The highest BCUT2D eigenvalue weighted by Crippen LogP contribution is 2.42. The second-order valence-electron chi connectivity index (χ2n) is 6.92. The Morgan fingerprint density at radius 1 is 0.962 bits per heavy atom. The fourth-order valence-electron chi connectivity index (χ4n) is 4.08. The maximum absolute atomic E-state index is 13.1. The largest absolute Gasteiger partial charge is 0.493 e. The maximum atomic E-state index is 13.1. The van der Waals surface area contributed by atoms with E-state index in [0.29, 0.717) is 28.2 Å². The minimum atomic E-state index is 0. The van der Waals surface area contributed by atoms with Crippen LogP contribution in [-0.2, 0) is 0 Å². The molecule has 1 amide bonds. The van der Waals surface area contributed by atoms with Crippen molar-refractivity contribution in [3.05, 3.63) is 17.7 Å². The summed E-state index contributed by atoms with van der Waals surface area (Å²) < 4.78 is 16.2. The van der Waals surface area contributed by atoms with Crippen molar-refractivity contribution < 1.29 is 19.0 Å². The number of piperidine rings is 2. The first-order valence-electron chi connectivity index (χ1n) is 8.93. The third kappa shape index (κ3) is 3.86. The van der Waals surface area contributed by atoms with Gasteiger partial charge in [0.1, 0.15) is 0 Å². The zero-order valence-corrected chi connectivity index (χ0v) is 16.6. The van der Waals surface area contributed by atoms with Crippen LogP contribution >= 0.6 is 12.4 Å². The molecule has 1 aromatic rings. The Bertz CT molecular complexity index is 622. The van der Waals surface area contributed by atoms with E-state index in [1.165, 1.54) is 12.8 Å². The van der Waals surface area contributed by atoms with Gasteiger partial charge in [-0.1, -0.05) is 0 Å². The summed E-state index contributed by atoms with van der Waals surface area (Å²) in [6.45, 7) is 3.79.